The fourth-order valence-corrected chi connectivity index (χ4v) is 11.9. The van der Waals surface area contributed by atoms with Gasteiger partial charge in [-0.1, -0.05) is 194 Å². The van der Waals surface area contributed by atoms with Gasteiger partial charge in [0.1, 0.15) is 0 Å². The predicted octanol–water partition coefficient (Wildman–Crippen LogP) is 17.8. The van der Waals surface area contributed by atoms with E-state index in [1.165, 1.54) is 0 Å². The van der Waals surface area contributed by atoms with Crippen LogP contribution in [0.2, 0.25) is 0 Å². The van der Waals surface area contributed by atoms with Crippen molar-refractivity contribution in [2.24, 2.45) is 0 Å². The van der Waals surface area contributed by atoms with Crippen LogP contribution in [0.4, 0.5) is 0 Å². The molecule has 0 saturated carbocycles. The standard InChI is InChI=1S/C70H48N6/c1-45-23-19-41-59-67(45)71-69-73(55-37-15-17-39-57(55)75(59)69)53-35-21-33-51(43-53)65-63(49-29-11-5-12-30-49)61(47-25-7-3-8-26-47)62(48-27-9-4-10-28-48)64(50-31-13-6-14-32-50)66(65)52-34-22-36-54(44-52)74-56-38-16-18-40-58(56)76-60-42-20-24-46(2)68(60)72-70(74)76/h3-44H,1-2H3/i1D3,2D3. The number of rotatable bonds is 8. The van der Waals surface area contributed by atoms with Crippen molar-refractivity contribution in [1.29, 1.82) is 0 Å². The second-order valence-electron chi connectivity index (χ2n) is 19.3. The summed E-state index contributed by atoms with van der Waals surface area (Å²) in [6.45, 7) is -4.76. The molecule has 0 fully saturated rings. The summed E-state index contributed by atoms with van der Waals surface area (Å²) >= 11 is 0. The Morgan fingerprint density at radius 2 is 0.566 bits per heavy atom. The molecule has 11 aromatic carbocycles. The minimum Gasteiger partial charge on any atom is -0.278 e. The Labute approximate surface area is 447 Å². The molecule has 4 aromatic heterocycles. The molecule has 76 heavy (non-hydrogen) atoms. The first-order valence-corrected chi connectivity index (χ1v) is 25.5. The maximum absolute atomic E-state index is 8.53. The topological polar surface area (TPSA) is 44.5 Å². The summed E-state index contributed by atoms with van der Waals surface area (Å²) in [5.74, 6) is 1.19. The number of hydrogen-bond donors (Lipinski definition) is 0. The summed E-state index contributed by atoms with van der Waals surface area (Å²) in [4.78, 5) is 10.4. The molecule has 0 aliphatic carbocycles. The molecule has 0 radical (unpaired) electrons. The molecule has 0 atom stereocenters. The number of aromatic nitrogens is 6. The van der Waals surface area contributed by atoms with Crippen LogP contribution < -0.4 is 0 Å². The number of benzene rings is 11. The molecule has 0 N–H and O–H groups in total. The van der Waals surface area contributed by atoms with Crippen molar-refractivity contribution in [3.8, 4) is 78.1 Å². The van der Waals surface area contributed by atoms with E-state index < -0.39 is 13.7 Å². The fraction of sp³-hybridized carbons (Fsp3) is 0.0286. The molecule has 0 aliphatic rings. The van der Waals surface area contributed by atoms with Crippen LogP contribution in [0.3, 0.4) is 0 Å². The summed E-state index contributed by atoms with van der Waals surface area (Å²) in [6.07, 6.45) is 0. The molecule has 15 rings (SSSR count). The number of hydrogen-bond acceptors (Lipinski definition) is 2. The third-order valence-corrected chi connectivity index (χ3v) is 15.0. The van der Waals surface area contributed by atoms with Gasteiger partial charge < -0.3 is 0 Å². The normalized spacial score (nSPS) is 13.3. The third-order valence-electron chi connectivity index (χ3n) is 15.0. The van der Waals surface area contributed by atoms with E-state index in [2.05, 4.69) is 212 Å². The molecule has 0 saturated heterocycles. The average Bonchev–Trinajstić information content (AvgIpc) is 2.41. The summed E-state index contributed by atoms with van der Waals surface area (Å²) in [6, 6.07) is 87.2. The Balaban J connectivity index is 1.11. The van der Waals surface area contributed by atoms with E-state index in [9.17, 15) is 0 Å². The lowest BCUT2D eigenvalue weighted by molar-refractivity contribution is 1.11. The van der Waals surface area contributed by atoms with E-state index in [0.29, 0.717) is 33.6 Å². The predicted molar refractivity (Wildman–Crippen MR) is 315 cm³/mol. The highest BCUT2D eigenvalue weighted by Gasteiger charge is 2.30. The van der Waals surface area contributed by atoms with Crippen molar-refractivity contribution in [2.75, 3.05) is 0 Å². The quantitative estimate of drug-likeness (QED) is 0.152. The van der Waals surface area contributed by atoms with Gasteiger partial charge in [-0.25, -0.2) is 9.97 Å². The van der Waals surface area contributed by atoms with Crippen molar-refractivity contribution in [2.45, 2.75) is 13.7 Å². The van der Waals surface area contributed by atoms with Crippen molar-refractivity contribution in [3.63, 3.8) is 0 Å². The lowest BCUT2D eigenvalue weighted by atomic mass is 9.74. The second-order valence-corrected chi connectivity index (χ2v) is 19.3. The first-order chi connectivity index (χ1) is 40.0. The molecule has 0 spiro atoms. The van der Waals surface area contributed by atoms with Gasteiger partial charge in [0.05, 0.1) is 44.1 Å². The zero-order valence-corrected chi connectivity index (χ0v) is 40.9. The van der Waals surface area contributed by atoms with E-state index in [1.54, 1.807) is 24.3 Å². The minimum atomic E-state index is -2.38. The molecule has 6 nitrogen and oxygen atoms in total. The van der Waals surface area contributed by atoms with Crippen LogP contribution in [0, 0.1) is 13.7 Å². The lowest BCUT2D eigenvalue weighted by Gasteiger charge is -2.29. The smallest absolute Gasteiger partial charge is 0.220 e. The van der Waals surface area contributed by atoms with Crippen LogP contribution in [-0.4, -0.2) is 27.9 Å². The van der Waals surface area contributed by atoms with Crippen LogP contribution in [0.25, 0.3) is 134 Å². The highest BCUT2D eigenvalue weighted by Crippen LogP contribution is 2.56. The SMILES string of the molecule is [2H]C([2H])([2H])c1cccc2c1nc1n(-c3cccc(-c4c(-c5ccccc5)c(-c5ccccc5)c(-c5ccccc5)c(-c5ccccc5)c4-c4cccc(-n5c6ccccc6n6c7cccc(C([2H])([2H])[2H])c7nc56)c4)c3)c3ccccc3n21. The number of fused-ring (bicyclic) bond motifs is 10. The third kappa shape index (κ3) is 6.60. The molecular weight excluding hydrogens is 925 g/mol. The van der Waals surface area contributed by atoms with Crippen LogP contribution >= 0.6 is 0 Å². The van der Waals surface area contributed by atoms with Crippen LogP contribution in [0.1, 0.15) is 19.4 Å². The molecule has 6 heteroatoms. The van der Waals surface area contributed by atoms with Gasteiger partial charge in [-0.15, -0.1) is 0 Å². The van der Waals surface area contributed by atoms with Crippen molar-refractivity contribution in [1.82, 2.24) is 27.9 Å². The summed E-state index contributed by atoms with van der Waals surface area (Å²) < 4.78 is 59.6. The largest absolute Gasteiger partial charge is 0.278 e. The Kier molecular flexibility index (Phi) is 8.57. The minimum absolute atomic E-state index is 0.202. The molecular formula is C70H48N6. The first-order valence-electron chi connectivity index (χ1n) is 28.5. The Hall–Kier alpha value is -10.0. The fourth-order valence-electron chi connectivity index (χ4n) is 11.9. The molecule has 0 amide bonds. The van der Waals surface area contributed by atoms with Gasteiger partial charge in [-0.05, 0) is 152 Å². The molecule has 0 bridgehead atoms. The van der Waals surface area contributed by atoms with E-state index >= 15 is 0 Å². The monoisotopic (exact) mass is 978 g/mol. The maximum atomic E-state index is 8.53. The molecule has 358 valence electrons. The number of para-hydroxylation sites is 6. The molecule has 0 unspecified atom stereocenters. The Morgan fingerprint density at radius 1 is 0.276 bits per heavy atom. The summed E-state index contributed by atoms with van der Waals surface area (Å²) in [5, 5.41) is 0. The van der Waals surface area contributed by atoms with Gasteiger partial charge in [-0.3, -0.25) is 17.9 Å². The summed E-state index contributed by atoms with van der Waals surface area (Å²) in [7, 11) is 0. The maximum Gasteiger partial charge on any atom is 0.220 e. The van der Waals surface area contributed by atoms with Crippen LogP contribution in [0.15, 0.2) is 255 Å². The Bertz CT molecular complexity index is 4680. The van der Waals surface area contributed by atoms with Gasteiger partial charge in [-0.2, -0.15) is 0 Å². The summed E-state index contributed by atoms with van der Waals surface area (Å²) in [5.41, 5.74) is 20.2. The first kappa shape index (κ1) is 37.7. The van der Waals surface area contributed by atoms with Gasteiger partial charge in [0.15, 0.2) is 0 Å². The number of nitrogens with zero attached hydrogens (tertiary/aromatic N) is 6. The molecule has 4 heterocycles. The number of imidazole rings is 4. The molecule has 0 aliphatic heterocycles. The van der Waals surface area contributed by atoms with Gasteiger partial charge in [0.25, 0.3) is 0 Å². The van der Waals surface area contributed by atoms with Crippen molar-refractivity contribution in [3.05, 3.63) is 266 Å². The van der Waals surface area contributed by atoms with Crippen molar-refractivity contribution >= 4 is 55.7 Å². The van der Waals surface area contributed by atoms with E-state index in [0.717, 1.165) is 100 Å². The highest BCUT2D eigenvalue weighted by molar-refractivity contribution is 6.15. The van der Waals surface area contributed by atoms with E-state index in [1.807, 2.05) is 36.4 Å². The number of aryl methyl sites for hydroxylation is 2. The zero-order valence-electron chi connectivity index (χ0n) is 46.9. The van der Waals surface area contributed by atoms with Crippen LogP contribution in [0.5, 0.6) is 0 Å². The van der Waals surface area contributed by atoms with E-state index in [4.69, 9.17) is 18.2 Å². The zero-order chi connectivity index (χ0) is 55.4. The van der Waals surface area contributed by atoms with E-state index in [-0.39, 0.29) is 11.1 Å². The van der Waals surface area contributed by atoms with Crippen LogP contribution in [-0.2, 0) is 0 Å². The highest BCUT2D eigenvalue weighted by atomic mass is 15.2. The Morgan fingerprint density at radius 3 is 0.921 bits per heavy atom. The van der Waals surface area contributed by atoms with Crippen molar-refractivity contribution < 1.29 is 8.22 Å². The van der Waals surface area contributed by atoms with Gasteiger partial charge >= 0.3 is 0 Å². The van der Waals surface area contributed by atoms with Gasteiger partial charge in [0, 0.05) is 19.6 Å². The second kappa shape index (κ2) is 17.3. The molecule has 15 aromatic rings. The average molecular weight is 979 g/mol. The lowest BCUT2D eigenvalue weighted by Crippen LogP contribution is -2.03. The van der Waals surface area contributed by atoms with Gasteiger partial charge in [0.2, 0.25) is 11.6 Å².